The average molecular weight is 299 g/mol. The fourth-order valence-electron chi connectivity index (χ4n) is 2.83. The largest absolute Gasteiger partial charge is 0.332 e. The number of fused-ring (bicyclic) bond motifs is 1. The van der Waals surface area contributed by atoms with Crippen LogP contribution in [0.3, 0.4) is 0 Å². The van der Waals surface area contributed by atoms with Crippen molar-refractivity contribution in [2.24, 2.45) is 0 Å². The molecule has 4 heteroatoms. The average Bonchev–Trinajstić information content (AvgIpc) is 2.40. The number of carbonyl (C=O) groups excluding carboxylic acids is 1. The van der Waals surface area contributed by atoms with E-state index in [1.54, 1.807) is 0 Å². The summed E-state index contributed by atoms with van der Waals surface area (Å²) in [6.45, 7) is 6.81. The van der Waals surface area contributed by atoms with Crippen molar-refractivity contribution >= 4 is 22.5 Å². The van der Waals surface area contributed by atoms with Crippen molar-refractivity contribution < 1.29 is 4.79 Å². The molecule has 0 aromatic heterocycles. The molecule has 0 saturated heterocycles. The number of likely N-dealkylation sites (N-methyl/N-ethyl adjacent to an activating group) is 1. The monoisotopic (exact) mass is 299 g/mol. The predicted octanol–water partition coefficient (Wildman–Crippen LogP) is 3.61. The van der Waals surface area contributed by atoms with Crippen molar-refractivity contribution in [2.45, 2.75) is 26.3 Å². The standard InChI is InChI=1S/C18H25N3O/c1-13-10-11-14-8-6-7-9-15(14)16(13)19-17(22)20-18(2,3)12-21(4)5/h6-11H,12H2,1-5H3,(H2,19,20,22). The van der Waals surface area contributed by atoms with Crippen LogP contribution in [0.5, 0.6) is 0 Å². The van der Waals surface area contributed by atoms with Gasteiger partial charge in [-0.2, -0.15) is 0 Å². The number of rotatable bonds is 4. The van der Waals surface area contributed by atoms with Gasteiger partial charge in [0.2, 0.25) is 0 Å². The first-order chi connectivity index (χ1) is 10.3. The van der Waals surface area contributed by atoms with Crippen molar-refractivity contribution in [1.29, 1.82) is 0 Å². The third-order valence-corrected chi connectivity index (χ3v) is 3.54. The maximum Gasteiger partial charge on any atom is 0.319 e. The zero-order valence-corrected chi connectivity index (χ0v) is 14.0. The summed E-state index contributed by atoms with van der Waals surface area (Å²) in [4.78, 5) is 14.4. The molecular formula is C18H25N3O. The molecule has 2 aromatic rings. The zero-order valence-electron chi connectivity index (χ0n) is 14.0. The lowest BCUT2D eigenvalue weighted by Gasteiger charge is -2.29. The maximum atomic E-state index is 12.4. The van der Waals surface area contributed by atoms with Crippen LogP contribution in [0.1, 0.15) is 19.4 Å². The number of anilines is 1. The van der Waals surface area contributed by atoms with Crippen LogP contribution < -0.4 is 10.6 Å². The first-order valence-electron chi connectivity index (χ1n) is 7.51. The smallest absolute Gasteiger partial charge is 0.319 e. The van der Waals surface area contributed by atoms with Gasteiger partial charge in [0.15, 0.2) is 0 Å². The number of benzene rings is 2. The van der Waals surface area contributed by atoms with Gasteiger partial charge >= 0.3 is 6.03 Å². The second kappa shape index (κ2) is 6.36. The Balaban J connectivity index is 2.20. The number of urea groups is 1. The van der Waals surface area contributed by atoms with Gasteiger partial charge in [-0.1, -0.05) is 36.4 Å². The molecule has 0 radical (unpaired) electrons. The summed E-state index contributed by atoms with van der Waals surface area (Å²) in [7, 11) is 3.99. The van der Waals surface area contributed by atoms with E-state index in [0.717, 1.165) is 28.6 Å². The minimum absolute atomic E-state index is 0.175. The van der Waals surface area contributed by atoms with Gasteiger partial charge in [-0.05, 0) is 45.8 Å². The van der Waals surface area contributed by atoms with Crippen LogP contribution in [0, 0.1) is 6.92 Å². The molecule has 0 atom stereocenters. The zero-order chi connectivity index (χ0) is 16.3. The minimum Gasteiger partial charge on any atom is -0.332 e. The molecule has 118 valence electrons. The Hall–Kier alpha value is -2.07. The number of amides is 2. The normalized spacial score (nSPS) is 11.7. The number of hydrogen-bond donors (Lipinski definition) is 2. The summed E-state index contributed by atoms with van der Waals surface area (Å²) in [6.07, 6.45) is 0. The molecule has 0 heterocycles. The lowest BCUT2D eigenvalue weighted by molar-refractivity contribution is 0.229. The molecule has 0 aliphatic carbocycles. The summed E-state index contributed by atoms with van der Waals surface area (Å²) in [5, 5.41) is 8.23. The Labute approximate surface area is 132 Å². The Morgan fingerprint density at radius 3 is 2.50 bits per heavy atom. The van der Waals surface area contributed by atoms with Gasteiger partial charge in [0.05, 0.1) is 5.69 Å². The van der Waals surface area contributed by atoms with Crippen LogP contribution in [0.4, 0.5) is 10.5 Å². The van der Waals surface area contributed by atoms with Gasteiger partial charge in [-0.15, -0.1) is 0 Å². The van der Waals surface area contributed by atoms with Crippen molar-refractivity contribution in [3.05, 3.63) is 42.0 Å². The summed E-state index contributed by atoms with van der Waals surface area (Å²) < 4.78 is 0. The number of nitrogens with one attached hydrogen (secondary N) is 2. The highest BCUT2D eigenvalue weighted by molar-refractivity contribution is 6.03. The number of hydrogen-bond acceptors (Lipinski definition) is 2. The second-order valence-corrected chi connectivity index (χ2v) is 6.68. The molecule has 4 nitrogen and oxygen atoms in total. The fourth-order valence-corrected chi connectivity index (χ4v) is 2.83. The van der Waals surface area contributed by atoms with Gasteiger partial charge in [-0.3, -0.25) is 0 Å². The van der Waals surface area contributed by atoms with Crippen molar-refractivity contribution in [3.63, 3.8) is 0 Å². The van der Waals surface area contributed by atoms with E-state index in [0.29, 0.717) is 0 Å². The highest BCUT2D eigenvalue weighted by Crippen LogP contribution is 2.27. The Morgan fingerprint density at radius 1 is 1.14 bits per heavy atom. The van der Waals surface area contributed by atoms with Crippen LogP contribution >= 0.6 is 0 Å². The lowest BCUT2D eigenvalue weighted by Crippen LogP contribution is -2.51. The van der Waals surface area contributed by atoms with Gasteiger partial charge in [-0.25, -0.2) is 4.79 Å². The van der Waals surface area contributed by atoms with E-state index >= 15 is 0 Å². The van der Waals surface area contributed by atoms with E-state index in [2.05, 4.69) is 21.6 Å². The molecule has 0 spiro atoms. The molecule has 0 aliphatic rings. The SMILES string of the molecule is Cc1ccc2ccccc2c1NC(=O)NC(C)(C)CN(C)C. The van der Waals surface area contributed by atoms with Gasteiger partial charge < -0.3 is 15.5 Å². The Kier molecular flexibility index (Phi) is 4.71. The number of carbonyl (C=O) groups is 1. The minimum atomic E-state index is -0.300. The Morgan fingerprint density at radius 2 is 1.82 bits per heavy atom. The van der Waals surface area contributed by atoms with Crippen molar-refractivity contribution in [3.8, 4) is 0 Å². The van der Waals surface area contributed by atoms with E-state index in [-0.39, 0.29) is 11.6 Å². The number of aryl methyl sites for hydroxylation is 1. The van der Waals surface area contributed by atoms with E-state index in [4.69, 9.17) is 0 Å². The molecule has 0 unspecified atom stereocenters. The highest BCUT2D eigenvalue weighted by Gasteiger charge is 2.21. The van der Waals surface area contributed by atoms with Gasteiger partial charge in [0, 0.05) is 17.5 Å². The molecule has 2 rings (SSSR count). The fraction of sp³-hybridized carbons (Fsp3) is 0.389. The molecule has 2 amide bonds. The van der Waals surface area contributed by atoms with Crippen molar-refractivity contribution in [1.82, 2.24) is 10.2 Å². The molecule has 0 fully saturated rings. The molecular weight excluding hydrogens is 274 g/mol. The van der Waals surface area contributed by atoms with E-state index in [9.17, 15) is 4.79 Å². The lowest BCUT2D eigenvalue weighted by atomic mass is 10.0. The van der Waals surface area contributed by atoms with E-state index in [1.807, 2.05) is 65.2 Å². The first-order valence-corrected chi connectivity index (χ1v) is 7.51. The number of nitrogens with zero attached hydrogens (tertiary/aromatic N) is 1. The highest BCUT2D eigenvalue weighted by atomic mass is 16.2. The van der Waals surface area contributed by atoms with Gasteiger partial charge in [0.25, 0.3) is 0 Å². The third-order valence-electron chi connectivity index (χ3n) is 3.54. The quantitative estimate of drug-likeness (QED) is 0.906. The van der Waals surface area contributed by atoms with Crippen molar-refractivity contribution in [2.75, 3.05) is 26.0 Å². The molecule has 22 heavy (non-hydrogen) atoms. The maximum absolute atomic E-state index is 12.4. The van der Waals surface area contributed by atoms with Gasteiger partial charge in [0.1, 0.15) is 0 Å². The topological polar surface area (TPSA) is 44.4 Å². The van der Waals surface area contributed by atoms with E-state index < -0.39 is 0 Å². The summed E-state index contributed by atoms with van der Waals surface area (Å²) >= 11 is 0. The van der Waals surface area contributed by atoms with E-state index in [1.165, 1.54) is 0 Å². The second-order valence-electron chi connectivity index (χ2n) is 6.68. The van der Waals surface area contributed by atoms with Crippen LogP contribution in [-0.2, 0) is 0 Å². The molecule has 0 bridgehead atoms. The van der Waals surface area contributed by atoms with Crippen LogP contribution in [-0.4, -0.2) is 37.1 Å². The van der Waals surface area contributed by atoms with Crippen LogP contribution in [0.25, 0.3) is 10.8 Å². The molecule has 2 N–H and O–H groups in total. The summed E-state index contributed by atoms with van der Waals surface area (Å²) in [6, 6.07) is 12.0. The summed E-state index contributed by atoms with van der Waals surface area (Å²) in [5.41, 5.74) is 1.63. The first kappa shape index (κ1) is 16.3. The summed E-state index contributed by atoms with van der Waals surface area (Å²) in [5.74, 6) is 0. The Bertz CT molecular complexity index is 677. The predicted molar refractivity (Wildman–Crippen MR) is 93.5 cm³/mol. The van der Waals surface area contributed by atoms with Crippen LogP contribution in [0.15, 0.2) is 36.4 Å². The third kappa shape index (κ3) is 3.98. The molecule has 0 aliphatic heterocycles. The molecule has 2 aromatic carbocycles. The van der Waals surface area contributed by atoms with Crippen LogP contribution in [0.2, 0.25) is 0 Å². The molecule has 0 saturated carbocycles.